The fourth-order valence-electron chi connectivity index (χ4n) is 1.24. The Morgan fingerprint density at radius 1 is 1.40 bits per heavy atom. The quantitative estimate of drug-likeness (QED) is 0.697. The molecule has 0 fully saturated rings. The van der Waals surface area contributed by atoms with Gasteiger partial charge in [-0.3, -0.25) is 4.99 Å². The van der Waals surface area contributed by atoms with Gasteiger partial charge in [-0.25, -0.2) is 4.98 Å². The maximum Gasteiger partial charge on any atom is 0.239 e. The van der Waals surface area contributed by atoms with E-state index < -0.39 is 0 Å². The van der Waals surface area contributed by atoms with Gasteiger partial charge in [0.1, 0.15) is 5.69 Å². The molecule has 0 saturated carbocycles. The largest absolute Gasteiger partial charge is 0.479 e. The molecule has 0 unspecified atom stereocenters. The first-order chi connectivity index (χ1) is 6.99. The summed E-state index contributed by atoms with van der Waals surface area (Å²) in [6, 6.07) is 2.02. The van der Waals surface area contributed by atoms with Crippen molar-refractivity contribution in [3.8, 4) is 5.88 Å². The number of pyridine rings is 1. The zero-order valence-corrected chi connectivity index (χ0v) is 10.0. The molecule has 0 atom stereocenters. The van der Waals surface area contributed by atoms with Crippen molar-refractivity contribution in [1.29, 1.82) is 0 Å². The fraction of sp³-hybridized carbons (Fsp3) is 0.500. The van der Waals surface area contributed by atoms with E-state index in [1.165, 1.54) is 0 Å². The third-order valence-corrected chi connectivity index (χ3v) is 2.16. The van der Waals surface area contributed by atoms with E-state index in [9.17, 15) is 0 Å². The SMILES string of the molecule is CC=Nc1cc(C(C)(C)C)cnc1OC. The van der Waals surface area contributed by atoms with Gasteiger partial charge in [-0.2, -0.15) is 0 Å². The van der Waals surface area contributed by atoms with Crippen molar-refractivity contribution < 1.29 is 4.74 Å². The van der Waals surface area contributed by atoms with Crippen molar-refractivity contribution in [3.63, 3.8) is 0 Å². The lowest BCUT2D eigenvalue weighted by Gasteiger charge is -2.19. The van der Waals surface area contributed by atoms with Gasteiger partial charge in [0.15, 0.2) is 0 Å². The minimum Gasteiger partial charge on any atom is -0.479 e. The summed E-state index contributed by atoms with van der Waals surface area (Å²) in [4.78, 5) is 8.49. The van der Waals surface area contributed by atoms with Crippen LogP contribution in [-0.4, -0.2) is 18.3 Å². The molecule has 3 nitrogen and oxygen atoms in total. The predicted octanol–water partition coefficient (Wildman–Crippen LogP) is 3.11. The lowest BCUT2D eigenvalue weighted by Crippen LogP contribution is -2.11. The fourth-order valence-corrected chi connectivity index (χ4v) is 1.24. The summed E-state index contributed by atoms with van der Waals surface area (Å²) >= 11 is 0. The molecule has 0 aliphatic carbocycles. The Kier molecular flexibility index (Phi) is 3.45. The average Bonchev–Trinajstić information content (AvgIpc) is 2.17. The number of hydrogen-bond acceptors (Lipinski definition) is 3. The van der Waals surface area contributed by atoms with E-state index in [2.05, 4.69) is 30.7 Å². The summed E-state index contributed by atoms with van der Waals surface area (Å²) < 4.78 is 5.14. The second-order valence-electron chi connectivity index (χ2n) is 4.39. The van der Waals surface area contributed by atoms with E-state index in [0.717, 1.165) is 11.3 Å². The highest BCUT2D eigenvalue weighted by molar-refractivity contribution is 5.63. The predicted molar refractivity (Wildman–Crippen MR) is 63.3 cm³/mol. The second-order valence-corrected chi connectivity index (χ2v) is 4.39. The highest BCUT2D eigenvalue weighted by Gasteiger charge is 2.16. The molecular weight excluding hydrogens is 188 g/mol. The van der Waals surface area contributed by atoms with Gasteiger partial charge in [0.25, 0.3) is 0 Å². The van der Waals surface area contributed by atoms with Crippen molar-refractivity contribution in [3.05, 3.63) is 17.8 Å². The van der Waals surface area contributed by atoms with E-state index in [-0.39, 0.29) is 5.41 Å². The highest BCUT2D eigenvalue weighted by atomic mass is 16.5. The minimum atomic E-state index is 0.0806. The van der Waals surface area contributed by atoms with Gasteiger partial charge in [-0.15, -0.1) is 0 Å². The van der Waals surface area contributed by atoms with Crippen LogP contribution in [0.2, 0.25) is 0 Å². The minimum absolute atomic E-state index is 0.0806. The van der Waals surface area contributed by atoms with E-state index in [4.69, 9.17) is 4.74 Å². The first-order valence-corrected chi connectivity index (χ1v) is 5.02. The lowest BCUT2D eigenvalue weighted by atomic mass is 9.88. The van der Waals surface area contributed by atoms with Gasteiger partial charge in [0.2, 0.25) is 5.88 Å². The Morgan fingerprint density at radius 2 is 2.07 bits per heavy atom. The Balaban J connectivity index is 3.22. The van der Waals surface area contributed by atoms with Gasteiger partial charge in [0, 0.05) is 12.4 Å². The number of hydrogen-bond donors (Lipinski definition) is 0. The maximum atomic E-state index is 5.14. The molecular formula is C12H18N2O. The summed E-state index contributed by atoms with van der Waals surface area (Å²) in [5.74, 6) is 0.570. The van der Waals surface area contributed by atoms with Crippen LogP contribution in [0, 0.1) is 0 Å². The molecule has 0 radical (unpaired) electrons. The topological polar surface area (TPSA) is 34.5 Å². The average molecular weight is 206 g/mol. The molecule has 0 spiro atoms. The molecule has 82 valence electrons. The summed E-state index contributed by atoms with van der Waals surface area (Å²) in [5.41, 5.74) is 2.02. The van der Waals surface area contributed by atoms with Crippen LogP contribution in [0.4, 0.5) is 5.69 Å². The lowest BCUT2D eigenvalue weighted by molar-refractivity contribution is 0.398. The number of nitrogens with zero attached hydrogens (tertiary/aromatic N) is 2. The smallest absolute Gasteiger partial charge is 0.239 e. The molecule has 0 aromatic carbocycles. The molecule has 0 amide bonds. The van der Waals surface area contributed by atoms with Crippen LogP contribution in [0.15, 0.2) is 17.3 Å². The van der Waals surface area contributed by atoms with E-state index >= 15 is 0 Å². The van der Waals surface area contributed by atoms with Crippen molar-refractivity contribution >= 4 is 11.9 Å². The molecule has 1 heterocycles. The van der Waals surface area contributed by atoms with Gasteiger partial charge >= 0.3 is 0 Å². The van der Waals surface area contributed by atoms with E-state index in [1.807, 2.05) is 19.2 Å². The third kappa shape index (κ3) is 2.78. The molecule has 1 rings (SSSR count). The van der Waals surface area contributed by atoms with Crippen LogP contribution >= 0.6 is 0 Å². The van der Waals surface area contributed by atoms with Gasteiger partial charge < -0.3 is 4.74 Å². The number of aromatic nitrogens is 1. The van der Waals surface area contributed by atoms with Crippen molar-refractivity contribution in [2.45, 2.75) is 33.1 Å². The second kappa shape index (κ2) is 4.43. The zero-order chi connectivity index (χ0) is 11.5. The Labute approximate surface area is 91.2 Å². The van der Waals surface area contributed by atoms with Crippen LogP contribution in [0.25, 0.3) is 0 Å². The first-order valence-electron chi connectivity index (χ1n) is 5.02. The third-order valence-electron chi connectivity index (χ3n) is 2.16. The summed E-state index contributed by atoms with van der Waals surface area (Å²) in [7, 11) is 1.60. The number of methoxy groups -OCH3 is 1. The number of ether oxygens (including phenoxy) is 1. The molecule has 0 bridgehead atoms. The van der Waals surface area contributed by atoms with Gasteiger partial charge in [-0.05, 0) is 24.0 Å². The Morgan fingerprint density at radius 3 is 2.53 bits per heavy atom. The van der Waals surface area contributed by atoms with E-state index in [0.29, 0.717) is 5.88 Å². The van der Waals surface area contributed by atoms with Crippen molar-refractivity contribution in [2.75, 3.05) is 7.11 Å². The van der Waals surface area contributed by atoms with Crippen molar-refractivity contribution in [2.24, 2.45) is 4.99 Å². The monoisotopic (exact) mass is 206 g/mol. The summed E-state index contributed by atoms with van der Waals surface area (Å²) in [6.45, 7) is 8.32. The normalized spacial score (nSPS) is 12.1. The van der Waals surface area contributed by atoms with Crippen LogP contribution in [0.5, 0.6) is 5.88 Å². The van der Waals surface area contributed by atoms with Gasteiger partial charge in [-0.1, -0.05) is 20.8 Å². The maximum absolute atomic E-state index is 5.14. The molecule has 0 aliphatic heterocycles. The van der Waals surface area contributed by atoms with Crippen LogP contribution in [0.3, 0.4) is 0 Å². The molecule has 1 aromatic rings. The summed E-state index contributed by atoms with van der Waals surface area (Å²) in [5, 5.41) is 0. The highest BCUT2D eigenvalue weighted by Crippen LogP contribution is 2.30. The Hall–Kier alpha value is -1.38. The zero-order valence-electron chi connectivity index (χ0n) is 10.0. The molecule has 3 heteroatoms. The van der Waals surface area contributed by atoms with Crippen LogP contribution in [-0.2, 0) is 5.41 Å². The molecule has 15 heavy (non-hydrogen) atoms. The summed E-state index contributed by atoms with van der Waals surface area (Å²) in [6.07, 6.45) is 3.58. The van der Waals surface area contributed by atoms with Gasteiger partial charge in [0.05, 0.1) is 7.11 Å². The van der Waals surface area contributed by atoms with Crippen molar-refractivity contribution in [1.82, 2.24) is 4.98 Å². The Bertz CT molecular complexity index is 364. The molecule has 0 saturated heterocycles. The standard InChI is InChI=1S/C12H18N2O/c1-6-13-10-7-9(12(2,3)4)8-14-11(10)15-5/h6-8H,1-5H3. The van der Waals surface area contributed by atoms with Crippen LogP contribution < -0.4 is 4.74 Å². The first kappa shape index (κ1) is 11.7. The number of aliphatic imine (C=N–C) groups is 1. The van der Waals surface area contributed by atoms with Crippen LogP contribution in [0.1, 0.15) is 33.3 Å². The molecule has 0 aliphatic rings. The number of rotatable bonds is 2. The molecule has 0 N–H and O–H groups in total. The van der Waals surface area contributed by atoms with E-state index in [1.54, 1.807) is 13.3 Å². The molecule has 1 aromatic heterocycles.